The van der Waals surface area contributed by atoms with Gasteiger partial charge in [0.25, 0.3) is 0 Å². The molecule has 1 aromatic carbocycles. The maximum absolute atomic E-state index is 5.66. The van der Waals surface area contributed by atoms with Crippen LogP contribution in [0.4, 0.5) is 0 Å². The summed E-state index contributed by atoms with van der Waals surface area (Å²) in [4.78, 5) is 0. The lowest BCUT2D eigenvalue weighted by Crippen LogP contribution is -2.33. The van der Waals surface area contributed by atoms with E-state index >= 15 is 0 Å². The monoisotopic (exact) mass is 219 g/mol. The van der Waals surface area contributed by atoms with Crippen molar-refractivity contribution >= 4 is 0 Å². The maximum atomic E-state index is 5.66. The van der Waals surface area contributed by atoms with Crippen molar-refractivity contribution in [3.63, 3.8) is 0 Å². The average molecular weight is 219 g/mol. The van der Waals surface area contributed by atoms with Crippen molar-refractivity contribution in [2.24, 2.45) is 5.92 Å². The molecule has 0 radical (unpaired) electrons. The van der Waals surface area contributed by atoms with Crippen molar-refractivity contribution in [2.45, 2.75) is 31.4 Å². The van der Waals surface area contributed by atoms with Crippen LogP contribution >= 0.6 is 0 Å². The molecule has 1 aromatic rings. The lowest BCUT2D eigenvalue weighted by atomic mass is 9.98. The number of hydrogen-bond donors (Lipinski definition) is 1. The van der Waals surface area contributed by atoms with Crippen LogP contribution in [0.25, 0.3) is 0 Å². The molecule has 16 heavy (non-hydrogen) atoms. The largest absolute Gasteiger partial charge is 0.375 e. The van der Waals surface area contributed by atoms with Gasteiger partial charge in [-0.25, -0.2) is 0 Å². The van der Waals surface area contributed by atoms with Crippen LogP contribution < -0.4 is 5.32 Å². The molecule has 1 aliphatic carbocycles. The predicted octanol–water partition coefficient (Wildman–Crippen LogP) is 2.76. The van der Waals surface area contributed by atoms with Crippen molar-refractivity contribution in [2.75, 3.05) is 14.2 Å². The Kier molecular flexibility index (Phi) is 3.97. The van der Waals surface area contributed by atoms with E-state index in [-0.39, 0.29) is 6.10 Å². The van der Waals surface area contributed by atoms with Crippen LogP contribution in [-0.4, -0.2) is 20.2 Å². The third-order valence-electron chi connectivity index (χ3n) is 3.40. The Balaban J connectivity index is 2.06. The van der Waals surface area contributed by atoms with E-state index in [9.17, 15) is 0 Å². The van der Waals surface area contributed by atoms with Gasteiger partial charge in [-0.05, 0) is 24.9 Å². The highest BCUT2D eigenvalue weighted by molar-refractivity contribution is 5.19. The Morgan fingerprint density at radius 1 is 1.31 bits per heavy atom. The number of benzene rings is 1. The van der Waals surface area contributed by atoms with Crippen LogP contribution in [0.1, 0.15) is 30.9 Å². The van der Waals surface area contributed by atoms with Crippen molar-refractivity contribution in [3.8, 4) is 0 Å². The maximum Gasteiger partial charge on any atom is 0.0973 e. The first-order valence-corrected chi connectivity index (χ1v) is 6.10. The zero-order valence-corrected chi connectivity index (χ0v) is 10.1. The molecule has 2 atom stereocenters. The smallest absolute Gasteiger partial charge is 0.0973 e. The number of rotatable bonds is 6. The number of hydrogen-bond acceptors (Lipinski definition) is 2. The van der Waals surface area contributed by atoms with E-state index in [2.05, 4.69) is 29.6 Å². The normalized spacial score (nSPS) is 19.4. The van der Waals surface area contributed by atoms with Crippen LogP contribution in [0.15, 0.2) is 30.3 Å². The van der Waals surface area contributed by atoms with Crippen molar-refractivity contribution in [1.82, 2.24) is 5.32 Å². The van der Waals surface area contributed by atoms with Crippen LogP contribution in [-0.2, 0) is 4.74 Å². The molecule has 0 heterocycles. The van der Waals surface area contributed by atoms with Gasteiger partial charge < -0.3 is 10.1 Å². The number of methoxy groups -OCH3 is 1. The van der Waals surface area contributed by atoms with Crippen molar-refractivity contribution < 1.29 is 4.74 Å². The third-order valence-corrected chi connectivity index (χ3v) is 3.40. The van der Waals surface area contributed by atoms with Gasteiger partial charge in [0, 0.05) is 13.2 Å². The standard InChI is InChI=1S/C14H21NO/c1-15-13(10-11-8-9-11)14(16-2)12-6-4-3-5-7-12/h3-7,11,13-15H,8-10H2,1-2H3. The van der Waals surface area contributed by atoms with Gasteiger partial charge in [0.2, 0.25) is 0 Å². The van der Waals surface area contributed by atoms with Crippen LogP contribution in [0.2, 0.25) is 0 Å². The number of ether oxygens (including phenoxy) is 1. The van der Waals surface area contributed by atoms with E-state index in [0.29, 0.717) is 6.04 Å². The zero-order valence-electron chi connectivity index (χ0n) is 10.1. The van der Waals surface area contributed by atoms with Gasteiger partial charge >= 0.3 is 0 Å². The quantitative estimate of drug-likeness (QED) is 0.794. The lowest BCUT2D eigenvalue weighted by molar-refractivity contribution is 0.0656. The second-order valence-electron chi connectivity index (χ2n) is 4.64. The van der Waals surface area contributed by atoms with E-state index in [1.165, 1.54) is 24.8 Å². The summed E-state index contributed by atoms with van der Waals surface area (Å²) in [6, 6.07) is 10.9. The molecule has 1 saturated carbocycles. The molecule has 2 nitrogen and oxygen atoms in total. The van der Waals surface area contributed by atoms with Crippen molar-refractivity contribution in [1.29, 1.82) is 0 Å². The Morgan fingerprint density at radius 2 is 2.00 bits per heavy atom. The zero-order chi connectivity index (χ0) is 11.4. The number of likely N-dealkylation sites (N-methyl/N-ethyl adjacent to an activating group) is 1. The SMILES string of the molecule is CNC(CC1CC1)C(OC)c1ccccc1. The molecule has 0 aliphatic heterocycles. The third kappa shape index (κ3) is 2.83. The highest BCUT2D eigenvalue weighted by Crippen LogP contribution is 2.36. The van der Waals surface area contributed by atoms with E-state index < -0.39 is 0 Å². The van der Waals surface area contributed by atoms with Gasteiger partial charge in [-0.15, -0.1) is 0 Å². The van der Waals surface area contributed by atoms with Crippen LogP contribution in [0.5, 0.6) is 0 Å². The van der Waals surface area contributed by atoms with Gasteiger partial charge in [0.1, 0.15) is 0 Å². The molecule has 88 valence electrons. The van der Waals surface area contributed by atoms with Gasteiger partial charge in [-0.1, -0.05) is 43.2 Å². The summed E-state index contributed by atoms with van der Waals surface area (Å²) in [7, 11) is 3.83. The summed E-state index contributed by atoms with van der Waals surface area (Å²) in [6.07, 6.45) is 4.18. The molecule has 2 rings (SSSR count). The molecule has 2 unspecified atom stereocenters. The summed E-state index contributed by atoms with van der Waals surface area (Å²) in [5.74, 6) is 0.916. The topological polar surface area (TPSA) is 21.3 Å². The molecule has 2 heteroatoms. The molecule has 0 aromatic heterocycles. The molecular formula is C14H21NO. The summed E-state index contributed by atoms with van der Waals surface area (Å²) >= 11 is 0. The predicted molar refractivity (Wildman–Crippen MR) is 66.4 cm³/mol. The lowest BCUT2D eigenvalue weighted by Gasteiger charge is -2.26. The van der Waals surface area contributed by atoms with Gasteiger partial charge in [-0.2, -0.15) is 0 Å². The van der Waals surface area contributed by atoms with Gasteiger partial charge in [0.05, 0.1) is 6.10 Å². The Labute approximate surface area is 98.0 Å². The fraction of sp³-hybridized carbons (Fsp3) is 0.571. The molecule has 1 fully saturated rings. The Morgan fingerprint density at radius 3 is 2.50 bits per heavy atom. The van der Waals surface area contributed by atoms with Crippen LogP contribution in [0, 0.1) is 5.92 Å². The van der Waals surface area contributed by atoms with E-state index in [1.54, 1.807) is 7.11 Å². The first kappa shape index (κ1) is 11.6. The summed E-state index contributed by atoms with van der Waals surface area (Å²) in [5, 5.41) is 3.40. The average Bonchev–Trinajstić information content (AvgIpc) is 3.14. The molecular weight excluding hydrogens is 198 g/mol. The molecule has 0 saturated heterocycles. The van der Waals surface area contributed by atoms with Gasteiger partial charge in [-0.3, -0.25) is 0 Å². The first-order valence-electron chi connectivity index (χ1n) is 6.10. The van der Waals surface area contributed by atoms with Crippen molar-refractivity contribution in [3.05, 3.63) is 35.9 Å². The molecule has 1 aliphatic rings. The number of nitrogens with one attached hydrogen (secondary N) is 1. The van der Waals surface area contributed by atoms with Gasteiger partial charge in [0.15, 0.2) is 0 Å². The summed E-state index contributed by atoms with van der Waals surface area (Å²) in [5.41, 5.74) is 1.27. The second-order valence-corrected chi connectivity index (χ2v) is 4.64. The summed E-state index contributed by atoms with van der Waals surface area (Å²) < 4.78 is 5.66. The van der Waals surface area contributed by atoms with E-state index in [4.69, 9.17) is 4.74 Å². The molecule has 0 spiro atoms. The molecule has 1 N–H and O–H groups in total. The fourth-order valence-corrected chi connectivity index (χ4v) is 2.28. The minimum Gasteiger partial charge on any atom is -0.375 e. The Bertz CT molecular complexity index is 308. The minimum absolute atomic E-state index is 0.173. The highest BCUT2D eigenvalue weighted by atomic mass is 16.5. The van der Waals surface area contributed by atoms with Crippen LogP contribution in [0.3, 0.4) is 0 Å². The highest BCUT2D eigenvalue weighted by Gasteiger charge is 2.29. The molecule has 0 bridgehead atoms. The van der Waals surface area contributed by atoms with E-state index in [1.807, 2.05) is 13.1 Å². The van der Waals surface area contributed by atoms with E-state index in [0.717, 1.165) is 5.92 Å². The fourth-order valence-electron chi connectivity index (χ4n) is 2.28. The summed E-state index contributed by atoms with van der Waals surface area (Å²) in [6.45, 7) is 0. The first-order chi connectivity index (χ1) is 7.85. The molecule has 0 amide bonds. The Hall–Kier alpha value is -0.860. The second kappa shape index (κ2) is 5.46. The minimum atomic E-state index is 0.173.